The Morgan fingerprint density at radius 1 is 1.09 bits per heavy atom. The van der Waals surface area contributed by atoms with Crippen LogP contribution in [0.4, 0.5) is 8.78 Å². The van der Waals surface area contributed by atoms with Crippen LogP contribution in [0.5, 0.6) is 0 Å². The number of alkyl halides is 1. The topological polar surface area (TPSA) is 17.1 Å². The third-order valence-electron chi connectivity index (χ3n) is 3.54. The minimum atomic E-state index is -0.354. The fourth-order valence-electron chi connectivity index (χ4n) is 2.33. The van der Waals surface area contributed by atoms with Gasteiger partial charge in [-0.2, -0.15) is 0 Å². The number of halogens is 5. The first kappa shape index (κ1) is 18.7. The van der Waals surface area contributed by atoms with Gasteiger partial charge in [0.1, 0.15) is 11.6 Å². The van der Waals surface area contributed by atoms with Gasteiger partial charge >= 0.3 is 0 Å². The van der Waals surface area contributed by atoms with Crippen LogP contribution in [0.1, 0.15) is 28.4 Å². The number of fused-ring (bicyclic) bond motifs is 1. The van der Waals surface area contributed by atoms with Gasteiger partial charge < -0.3 is 0 Å². The SMILES string of the molecule is CC1Cc2c(Br)cc(F)cc2C1=O.Fc1ccc(CBr)c(Br)c1. The third-order valence-corrected chi connectivity index (χ3v) is 5.59. The number of carbonyl (C=O) groups excluding carboxylic acids is 1. The summed E-state index contributed by atoms with van der Waals surface area (Å²) >= 11 is 9.78. The monoisotopic (exact) mass is 508 g/mol. The van der Waals surface area contributed by atoms with E-state index in [1.165, 1.54) is 24.3 Å². The molecule has 3 rings (SSSR count). The van der Waals surface area contributed by atoms with Gasteiger partial charge in [-0.25, -0.2) is 8.78 Å². The van der Waals surface area contributed by atoms with E-state index in [2.05, 4.69) is 47.8 Å². The van der Waals surface area contributed by atoms with Crippen LogP contribution in [0.3, 0.4) is 0 Å². The molecule has 122 valence electrons. The van der Waals surface area contributed by atoms with Crippen LogP contribution in [0.15, 0.2) is 39.3 Å². The highest BCUT2D eigenvalue weighted by molar-refractivity contribution is 9.11. The Bertz CT molecular complexity index is 747. The minimum absolute atomic E-state index is 0.00639. The number of rotatable bonds is 1. The fraction of sp³-hybridized carbons (Fsp3) is 0.235. The molecule has 6 heteroatoms. The average molecular weight is 511 g/mol. The van der Waals surface area contributed by atoms with Gasteiger partial charge in [0.25, 0.3) is 0 Å². The summed E-state index contributed by atoms with van der Waals surface area (Å²) in [6, 6.07) is 7.38. The van der Waals surface area contributed by atoms with Crippen molar-refractivity contribution in [2.75, 3.05) is 0 Å². The van der Waals surface area contributed by atoms with E-state index < -0.39 is 0 Å². The molecule has 1 atom stereocenters. The lowest BCUT2D eigenvalue weighted by Crippen LogP contribution is -2.02. The Hall–Kier alpha value is -0.590. The summed E-state index contributed by atoms with van der Waals surface area (Å²) in [6.45, 7) is 1.87. The molecule has 0 bridgehead atoms. The predicted octanol–water partition coefficient (Wildman–Crippen LogP) is 6.45. The van der Waals surface area contributed by atoms with Crippen molar-refractivity contribution in [2.45, 2.75) is 18.7 Å². The van der Waals surface area contributed by atoms with Crippen molar-refractivity contribution in [3.8, 4) is 0 Å². The van der Waals surface area contributed by atoms with Gasteiger partial charge in [-0.05, 0) is 41.8 Å². The number of ketones is 1. The lowest BCUT2D eigenvalue weighted by atomic mass is 10.1. The highest BCUT2D eigenvalue weighted by Gasteiger charge is 2.29. The molecule has 0 aromatic heterocycles. The molecule has 0 aliphatic heterocycles. The van der Waals surface area contributed by atoms with Crippen LogP contribution in [-0.4, -0.2) is 5.78 Å². The molecule has 1 aliphatic carbocycles. The zero-order chi connectivity index (χ0) is 17.1. The highest BCUT2D eigenvalue weighted by Crippen LogP contribution is 2.32. The maximum absolute atomic E-state index is 12.9. The van der Waals surface area contributed by atoms with E-state index in [0.717, 1.165) is 27.4 Å². The molecule has 0 heterocycles. The Labute approximate surface area is 158 Å². The van der Waals surface area contributed by atoms with E-state index in [1.54, 1.807) is 6.07 Å². The molecule has 0 saturated carbocycles. The first-order chi connectivity index (χ1) is 10.8. The maximum Gasteiger partial charge on any atom is 0.166 e. The van der Waals surface area contributed by atoms with Crippen LogP contribution >= 0.6 is 47.8 Å². The second-order valence-corrected chi connectivity index (χ2v) is 7.52. The summed E-state index contributed by atoms with van der Waals surface area (Å²) in [7, 11) is 0. The van der Waals surface area contributed by atoms with Crippen molar-refractivity contribution in [1.82, 2.24) is 0 Å². The van der Waals surface area contributed by atoms with Crippen molar-refractivity contribution >= 4 is 53.6 Å². The molecular formula is C17H13Br3F2O. The van der Waals surface area contributed by atoms with Gasteiger partial charge in [0, 0.05) is 25.8 Å². The molecule has 1 aliphatic rings. The van der Waals surface area contributed by atoms with Crippen molar-refractivity contribution < 1.29 is 13.6 Å². The number of hydrogen-bond acceptors (Lipinski definition) is 1. The second-order valence-electron chi connectivity index (χ2n) is 5.25. The Kier molecular flexibility index (Phi) is 6.51. The van der Waals surface area contributed by atoms with E-state index in [9.17, 15) is 13.6 Å². The molecule has 0 N–H and O–H groups in total. The van der Waals surface area contributed by atoms with Crippen LogP contribution in [0.25, 0.3) is 0 Å². The molecule has 2 aromatic carbocycles. The number of carbonyl (C=O) groups is 1. The molecule has 23 heavy (non-hydrogen) atoms. The van der Waals surface area contributed by atoms with Crippen molar-refractivity contribution in [2.24, 2.45) is 5.92 Å². The lowest BCUT2D eigenvalue weighted by molar-refractivity contribution is 0.0946. The van der Waals surface area contributed by atoms with Gasteiger partial charge in [0.15, 0.2) is 5.78 Å². The van der Waals surface area contributed by atoms with Gasteiger partial charge in [-0.3, -0.25) is 4.79 Å². The molecule has 0 saturated heterocycles. The van der Waals surface area contributed by atoms with Crippen LogP contribution < -0.4 is 0 Å². The largest absolute Gasteiger partial charge is 0.294 e. The van der Waals surface area contributed by atoms with Gasteiger partial charge in [-0.1, -0.05) is 60.8 Å². The van der Waals surface area contributed by atoms with Crippen molar-refractivity contribution in [3.63, 3.8) is 0 Å². The number of Topliss-reactive ketones (excluding diaryl/α,β-unsaturated/α-hetero) is 1. The van der Waals surface area contributed by atoms with E-state index >= 15 is 0 Å². The van der Waals surface area contributed by atoms with E-state index in [1.807, 2.05) is 6.92 Å². The van der Waals surface area contributed by atoms with E-state index in [0.29, 0.717) is 10.0 Å². The highest BCUT2D eigenvalue weighted by atomic mass is 79.9. The Morgan fingerprint density at radius 2 is 1.74 bits per heavy atom. The van der Waals surface area contributed by atoms with Crippen LogP contribution in [-0.2, 0) is 11.8 Å². The summed E-state index contributed by atoms with van der Waals surface area (Å²) in [4.78, 5) is 11.5. The number of hydrogen-bond donors (Lipinski definition) is 0. The summed E-state index contributed by atoms with van der Waals surface area (Å²) < 4.78 is 26.9. The van der Waals surface area contributed by atoms with Gasteiger partial charge in [-0.15, -0.1) is 0 Å². The first-order valence-electron chi connectivity index (χ1n) is 6.85. The molecule has 0 spiro atoms. The summed E-state index contributed by atoms with van der Waals surface area (Å²) in [5.41, 5.74) is 2.54. The Balaban J connectivity index is 0.000000174. The predicted molar refractivity (Wildman–Crippen MR) is 98.0 cm³/mol. The lowest BCUT2D eigenvalue weighted by Gasteiger charge is -2.00. The van der Waals surface area contributed by atoms with Crippen LogP contribution in [0, 0.1) is 17.6 Å². The maximum atomic E-state index is 12.9. The van der Waals surface area contributed by atoms with Crippen molar-refractivity contribution in [3.05, 3.63) is 67.6 Å². The van der Waals surface area contributed by atoms with E-state index in [4.69, 9.17) is 0 Å². The molecule has 1 nitrogen and oxygen atoms in total. The van der Waals surface area contributed by atoms with Gasteiger partial charge in [0.05, 0.1) is 0 Å². The molecular weight excluding hydrogens is 498 g/mol. The minimum Gasteiger partial charge on any atom is -0.294 e. The smallest absolute Gasteiger partial charge is 0.166 e. The molecule has 0 amide bonds. The average Bonchev–Trinajstić information content (AvgIpc) is 2.76. The third kappa shape index (κ3) is 4.48. The molecule has 0 fully saturated rings. The normalized spacial score (nSPS) is 15.9. The first-order valence-corrected chi connectivity index (χ1v) is 9.56. The fourth-order valence-corrected chi connectivity index (χ4v) is 4.28. The quantitative estimate of drug-likeness (QED) is 0.403. The van der Waals surface area contributed by atoms with Gasteiger partial charge in [0.2, 0.25) is 0 Å². The standard InChI is InChI=1S/C10H8BrFO.C7H5Br2F/c1-5-2-7-8(10(5)13)3-6(12)4-9(7)11;8-4-5-1-2-6(10)3-7(5)9/h3-5H,2H2,1H3;1-3H,4H2. The summed E-state index contributed by atoms with van der Waals surface area (Å²) in [5.74, 6) is -0.520. The zero-order valence-corrected chi connectivity index (χ0v) is 16.9. The Morgan fingerprint density at radius 3 is 2.35 bits per heavy atom. The number of benzene rings is 2. The molecule has 1 unspecified atom stereocenters. The van der Waals surface area contributed by atoms with E-state index in [-0.39, 0.29) is 23.3 Å². The zero-order valence-electron chi connectivity index (χ0n) is 12.2. The van der Waals surface area contributed by atoms with Crippen molar-refractivity contribution in [1.29, 1.82) is 0 Å². The van der Waals surface area contributed by atoms with Crippen LogP contribution in [0.2, 0.25) is 0 Å². The molecule has 0 radical (unpaired) electrons. The second kappa shape index (κ2) is 7.99. The molecule has 2 aromatic rings. The summed E-state index contributed by atoms with van der Waals surface area (Å²) in [6.07, 6.45) is 0.717. The summed E-state index contributed by atoms with van der Waals surface area (Å²) in [5, 5.41) is 0.744.